The summed E-state index contributed by atoms with van der Waals surface area (Å²) in [6, 6.07) is 3.30. The molecular weight excluding hydrogens is 419 g/mol. The number of guanidine groups is 1. The van der Waals surface area contributed by atoms with Crippen LogP contribution < -0.4 is 16.4 Å². The summed E-state index contributed by atoms with van der Waals surface area (Å²) in [6.07, 6.45) is 4.88. The summed E-state index contributed by atoms with van der Waals surface area (Å²) < 4.78 is 5.34. The number of nitrogens with one attached hydrogen (secondary N) is 2. The zero-order valence-electron chi connectivity index (χ0n) is 14.9. The average molecular weight is 450 g/mol. The van der Waals surface area contributed by atoms with Crippen LogP contribution in [-0.2, 0) is 6.54 Å². The van der Waals surface area contributed by atoms with Crippen molar-refractivity contribution in [1.82, 2.24) is 10.6 Å². The lowest BCUT2D eigenvalue weighted by Crippen LogP contribution is -2.39. The van der Waals surface area contributed by atoms with Crippen molar-refractivity contribution in [3.05, 3.63) is 23.7 Å². The van der Waals surface area contributed by atoms with E-state index in [4.69, 9.17) is 10.2 Å². The van der Waals surface area contributed by atoms with Crippen LogP contribution in [0.1, 0.15) is 62.8 Å². The third kappa shape index (κ3) is 8.56. The molecule has 0 saturated carbocycles. The molecule has 0 fully saturated rings. The van der Waals surface area contributed by atoms with E-state index in [0.29, 0.717) is 18.2 Å². The molecule has 1 unspecified atom stereocenters. The number of primary amides is 1. The molecule has 0 spiro atoms. The van der Waals surface area contributed by atoms with Gasteiger partial charge in [0.05, 0.1) is 0 Å². The minimum Gasteiger partial charge on any atom is -0.454 e. The van der Waals surface area contributed by atoms with E-state index < -0.39 is 5.91 Å². The van der Waals surface area contributed by atoms with Gasteiger partial charge in [-0.05, 0) is 31.4 Å². The molecule has 4 N–H and O–H groups in total. The molecule has 0 aliphatic rings. The van der Waals surface area contributed by atoms with Crippen LogP contribution >= 0.6 is 24.0 Å². The quantitative estimate of drug-likeness (QED) is 0.290. The number of rotatable bonds is 10. The van der Waals surface area contributed by atoms with E-state index in [2.05, 4.69) is 29.5 Å². The first-order valence-electron chi connectivity index (χ1n) is 8.51. The second-order valence-electron chi connectivity index (χ2n) is 5.62. The molecule has 0 aliphatic heterocycles. The highest BCUT2D eigenvalue weighted by Crippen LogP contribution is 2.11. The third-order valence-electron chi connectivity index (χ3n) is 3.74. The Labute approximate surface area is 162 Å². The fourth-order valence-electron chi connectivity index (χ4n) is 2.28. The van der Waals surface area contributed by atoms with Crippen LogP contribution in [0.3, 0.4) is 0 Å². The Morgan fingerprint density at radius 1 is 1.29 bits per heavy atom. The smallest absolute Gasteiger partial charge is 0.284 e. The van der Waals surface area contributed by atoms with E-state index in [9.17, 15) is 4.79 Å². The number of hydrogen-bond donors (Lipinski definition) is 3. The zero-order chi connectivity index (χ0) is 17.1. The van der Waals surface area contributed by atoms with Gasteiger partial charge in [-0.1, -0.05) is 33.1 Å². The Kier molecular flexibility index (Phi) is 12.4. The van der Waals surface area contributed by atoms with Gasteiger partial charge in [-0.25, -0.2) is 4.99 Å². The maximum absolute atomic E-state index is 11.0. The monoisotopic (exact) mass is 450 g/mol. The first kappa shape index (κ1) is 22.8. The van der Waals surface area contributed by atoms with Gasteiger partial charge in [-0.2, -0.15) is 0 Å². The first-order valence-corrected chi connectivity index (χ1v) is 8.51. The Balaban J connectivity index is 0.00000529. The van der Waals surface area contributed by atoms with E-state index in [-0.39, 0.29) is 29.7 Å². The maximum atomic E-state index is 11.0. The first-order chi connectivity index (χ1) is 11.1. The Hall–Kier alpha value is -1.25. The van der Waals surface area contributed by atoms with Crippen LogP contribution in [0.4, 0.5) is 0 Å². The second-order valence-corrected chi connectivity index (χ2v) is 5.62. The Morgan fingerprint density at radius 3 is 2.58 bits per heavy atom. The van der Waals surface area contributed by atoms with Crippen molar-refractivity contribution < 1.29 is 9.21 Å². The normalized spacial score (nSPS) is 12.4. The second kappa shape index (κ2) is 13.1. The molecule has 1 atom stereocenters. The van der Waals surface area contributed by atoms with Gasteiger partial charge in [0.2, 0.25) is 0 Å². The molecule has 1 heterocycles. The topological polar surface area (TPSA) is 92.6 Å². The lowest BCUT2D eigenvalue weighted by atomic mass is 9.99. The summed E-state index contributed by atoms with van der Waals surface area (Å²) in [5, 5.41) is 6.61. The summed E-state index contributed by atoms with van der Waals surface area (Å²) in [4.78, 5) is 15.5. The standard InChI is InChI=1S/C17H30N4O2.HI/c1-4-7-8-13(5-2)11-20-17(19-6-3)21-12-14-9-10-15(23-14)16(18)22;/h9-10,13H,4-8,11-12H2,1-3H3,(H2,18,22)(H2,19,20,21);1H. The van der Waals surface area contributed by atoms with Gasteiger partial charge in [0.15, 0.2) is 11.7 Å². The van der Waals surface area contributed by atoms with Crippen LogP contribution in [0, 0.1) is 5.92 Å². The van der Waals surface area contributed by atoms with E-state index in [1.807, 2.05) is 6.92 Å². The molecule has 24 heavy (non-hydrogen) atoms. The van der Waals surface area contributed by atoms with Crippen LogP contribution in [0.2, 0.25) is 0 Å². The summed E-state index contributed by atoms with van der Waals surface area (Å²) in [5.41, 5.74) is 5.17. The summed E-state index contributed by atoms with van der Waals surface area (Å²) >= 11 is 0. The predicted octanol–water partition coefficient (Wildman–Crippen LogP) is 3.27. The molecule has 1 rings (SSSR count). The van der Waals surface area contributed by atoms with Crippen LogP contribution in [0.5, 0.6) is 0 Å². The van der Waals surface area contributed by atoms with Crippen molar-refractivity contribution in [2.75, 3.05) is 13.1 Å². The van der Waals surface area contributed by atoms with Crippen LogP contribution in [0.25, 0.3) is 0 Å². The fourth-order valence-corrected chi connectivity index (χ4v) is 2.28. The minimum atomic E-state index is -0.563. The molecule has 6 nitrogen and oxygen atoms in total. The van der Waals surface area contributed by atoms with E-state index >= 15 is 0 Å². The summed E-state index contributed by atoms with van der Waals surface area (Å²) in [5.74, 6) is 1.64. The van der Waals surface area contributed by atoms with Gasteiger partial charge in [-0.15, -0.1) is 24.0 Å². The van der Waals surface area contributed by atoms with Crippen LogP contribution in [-0.4, -0.2) is 25.0 Å². The molecule has 138 valence electrons. The number of aliphatic imine (C=N–C) groups is 1. The lowest BCUT2D eigenvalue weighted by Gasteiger charge is -2.17. The number of nitrogens with two attached hydrogens (primary N) is 1. The average Bonchev–Trinajstić information content (AvgIpc) is 3.01. The van der Waals surface area contributed by atoms with Crippen molar-refractivity contribution in [3.8, 4) is 0 Å². The van der Waals surface area contributed by atoms with E-state index in [0.717, 1.165) is 25.5 Å². The molecule has 1 amide bonds. The highest BCUT2D eigenvalue weighted by atomic mass is 127. The Morgan fingerprint density at radius 2 is 2.04 bits per heavy atom. The predicted molar refractivity (Wildman–Crippen MR) is 109 cm³/mol. The molecule has 1 aromatic heterocycles. The van der Waals surface area contributed by atoms with Gasteiger partial charge in [-0.3, -0.25) is 4.79 Å². The van der Waals surface area contributed by atoms with Crippen molar-refractivity contribution in [1.29, 1.82) is 0 Å². The highest BCUT2D eigenvalue weighted by molar-refractivity contribution is 14.0. The van der Waals surface area contributed by atoms with Crippen LogP contribution in [0.15, 0.2) is 21.5 Å². The number of nitrogens with zero attached hydrogens (tertiary/aromatic N) is 1. The highest BCUT2D eigenvalue weighted by Gasteiger charge is 2.09. The van der Waals surface area contributed by atoms with Crippen molar-refractivity contribution in [2.24, 2.45) is 16.6 Å². The Bertz CT molecular complexity index is 503. The zero-order valence-corrected chi connectivity index (χ0v) is 17.3. The van der Waals surface area contributed by atoms with Crippen molar-refractivity contribution >= 4 is 35.8 Å². The SMILES string of the molecule is CCCCC(CC)CNC(=NCc1ccc(C(N)=O)o1)NCC.I. The molecular formula is C17H31IN4O2. The van der Waals surface area contributed by atoms with Crippen molar-refractivity contribution in [3.63, 3.8) is 0 Å². The fraction of sp³-hybridized carbons (Fsp3) is 0.647. The van der Waals surface area contributed by atoms with E-state index in [1.54, 1.807) is 12.1 Å². The van der Waals surface area contributed by atoms with Gasteiger partial charge >= 0.3 is 0 Å². The van der Waals surface area contributed by atoms with E-state index in [1.165, 1.54) is 19.3 Å². The summed E-state index contributed by atoms with van der Waals surface area (Å²) in [7, 11) is 0. The number of carbonyl (C=O) groups is 1. The van der Waals surface area contributed by atoms with Gasteiger partial charge in [0, 0.05) is 13.1 Å². The summed E-state index contributed by atoms with van der Waals surface area (Å²) in [6.45, 7) is 8.54. The number of carbonyl (C=O) groups excluding carboxylic acids is 1. The number of unbranched alkanes of at least 4 members (excludes halogenated alkanes) is 1. The lowest BCUT2D eigenvalue weighted by molar-refractivity contribution is 0.0972. The number of furan rings is 1. The van der Waals surface area contributed by atoms with Gasteiger partial charge in [0.1, 0.15) is 12.3 Å². The maximum Gasteiger partial charge on any atom is 0.284 e. The number of amides is 1. The molecule has 0 aliphatic carbocycles. The van der Waals surface area contributed by atoms with Gasteiger partial charge < -0.3 is 20.8 Å². The molecule has 7 heteroatoms. The molecule has 0 radical (unpaired) electrons. The molecule has 0 aromatic carbocycles. The largest absolute Gasteiger partial charge is 0.454 e. The third-order valence-corrected chi connectivity index (χ3v) is 3.74. The molecule has 0 saturated heterocycles. The minimum absolute atomic E-state index is 0. The molecule has 1 aromatic rings. The molecule has 0 bridgehead atoms. The number of halogens is 1. The van der Waals surface area contributed by atoms with Crippen molar-refractivity contribution in [2.45, 2.75) is 53.0 Å². The van der Waals surface area contributed by atoms with Gasteiger partial charge in [0.25, 0.3) is 5.91 Å². The number of hydrogen-bond acceptors (Lipinski definition) is 3.